The van der Waals surface area contributed by atoms with Crippen LogP contribution in [-0.2, 0) is 19.1 Å². The van der Waals surface area contributed by atoms with Crippen molar-refractivity contribution >= 4 is 45.3 Å². The Kier molecular flexibility index (Phi) is 10.2. The van der Waals surface area contributed by atoms with Crippen LogP contribution in [0, 0.1) is 0 Å². The van der Waals surface area contributed by atoms with E-state index in [1.165, 1.54) is 23.0 Å². The molecule has 1 aromatic heterocycles. The number of thiazole rings is 1. The smallest absolute Gasteiger partial charge is 0.343 e. The van der Waals surface area contributed by atoms with Gasteiger partial charge in [0.2, 0.25) is 0 Å². The Labute approximate surface area is 255 Å². The summed E-state index contributed by atoms with van der Waals surface area (Å²) in [6.45, 7) is 7.76. The second kappa shape index (κ2) is 13.8. The van der Waals surface area contributed by atoms with Crippen LogP contribution in [0.1, 0.15) is 44.9 Å². The van der Waals surface area contributed by atoms with Crippen LogP contribution >= 0.6 is 27.3 Å². The number of carbonyl (C=O) groups is 2. The van der Waals surface area contributed by atoms with Gasteiger partial charge in [-0.05, 0) is 69.7 Å². The summed E-state index contributed by atoms with van der Waals surface area (Å²) in [5, 5.41) is 0. The monoisotopic (exact) mass is 658 g/mol. The summed E-state index contributed by atoms with van der Waals surface area (Å²) in [5.41, 5.74) is 1.64. The number of halogens is 1. The van der Waals surface area contributed by atoms with E-state index in [-0.39, 0.29) is 24.3 Å². The molecular formula is C30H31BrN2O8S. The summed E-state index contributed by atoms with van der Waals surface area (Å²) >= 11 is 4.71. The Bertz CT molecular complexity index is 1710. The van der Waals surface area contributed by atoms with Crippen LogP contribution in [0.15, 0.2) is 61.9 Å². The highest BCUT2D eigenvalue weighted by Crippen LogP contribution is 2.36. The zero-order valence-electron chi connectivity index (χ0n) is 23.9. The molecule has 0 saturated heterocycles. The molecule has 0 fully saturated rings. The molecule has 0 saturated carbocycles. The summed E-state index contributed by atoms with van der Waals surface area (Å²) in [5.74, 6) is 0.169. The second-order valence-corrected chi connectivity index (χ2v) is 10.8. The second-order valence-electron chi connectivity index (χ2n) is 8.92. The number of aromatic nitrogens is 1. The molecule has 0 aliphatic carbocycles. The Balaban J connectivity index is 1.92. The van der Waals surface area contributed by atoms with Gasteiger partial charge in [0.25, 0.3) is 5.56 Å². The first-order chi connectivity index (χ1) is 20.2. The number of hydrogen-bond acceptors (Lipinski definition) is 10. The van der Waals surface area contributed by atoms with E-state index in [2.05, 4.69) is 25.7 Å². The standard InChI is InChI=1S/C30H31BrN2O8S/c1-6-38-21-12-10-20(31)13-19(21)15-24-28(35)33-27(26(29(36)40-8-3)17(4)32-30(33)42-24)18-9-11-22(23(14-18)39-7-2)41-16-25(34)37-5/h9-15,27H,6-8,16H2,1-5H3/b24-15-/t27-/m1/s1. The van der Waals surface area contributed by atoms with Crippen LogP contribution in [-0.4, -0.2) is 50.0 Å². The maximum atomic E-state index is 14.0. The quantitative estimate of drug-likeness (QED) is 0.285. The lowest BCUT2D eigenvalue weighted by molar-refractivity contribution is -0.143. The van der Waals surface area contributed by atoms with Gasteiger partial charge in [0, 0.05) is 10.0 Å². The average molecular weight is 660 g/mol. The van der Waals surface area contributed by atoms with E-state index in [0.717, 1.165) is 10.0 Å². The Morgan fingerprint density at radius 1 is 1.00 bits per heavy atom. The summed E-state index contributed by atoms with van der Waals surface area (Å²) in [7, 11) is 1.27. The van der Waals surface area contributed by atoms with E-state index < -0.39 is 18.0 Å². The van der Waals surface area contributed by atoms with Gasteiger partial charge >= 0.3 is 11.9 Å². The Hall–Kier alpha value is -3.90. The molecule has 12 heteroatoms. The van der Waals surface area contributed by atoms with Gasteiger partial charge in [-0.25, -0.2) is 14.6 Å². The molecule has 0 spiro atoms. The van der Waals surface area contributed by atoms with Crippen LogP contribution in [0.4, 0.5) is 0 Å². The molecule has 42 heavy (non-hydrogen) atoms. The normalized spacial score (nSPS) is 14.6. The lowest BCUT2D eigenvalue weighted by Gasteiger charge is -2.25. The minimum Gasteiger partial charge on any atom is -0.493 e. The van der Waals surface area contributed by atoms with Crippen LogP contribution in [0.2, 0.25) is 0 Å². The molecule has 1 aliphatic heterocycles. The fourth-order valence-corrected chi connectivity index (χ4v) is 5.86. The first-order valence-electron chi connectivity index (χ1n) is 13.3. The number of ether oxygens (including phenoxy) is 5. The van der Waals surface area contributed by atoms with Crippen molar-refractivity contribution in [1.29, 1.82) is 0 Å². The largest absolute Gasteiger partial charge is 0.493 e. The average Bonchev–Trinajstić information content (AvgIpc) is 3.27. The fraction of sp³-hybridized carbons (Fsp3) is 0.333. The minimum absolute atomic E-state index is 0.153. The molecule has 0 unspecified atom stereocenters. The Morgan fingerprint density at radius 3 is 2.40 bits per heavy atom. The van der Waals surface area contributed by atoms with E-state index >= 15 is 0 Å². The first-order valence-corrected chi connectivity index (χ1v) is 14.9. The summed E-state index contributed by atoms with van der Waals surface area (Å²) in [6, 6.07) is 9.76. The summed E-state index contributed by atoms with van der Waals surface area (Å²) in [4.78, 5) is 44.0. The molecule has 0 amide bonds. The van der Waals surface area contributed by atoms with Crippen LogP contribution in [0.5, 0.6) is 17.2 Å². The number of allylic oxidation sites excluding steroid dienone is 1. The molecule has 0 bridgehead atoms. The highest BCUT2D eigenvalue weighted by atomic mass is 79.9. The number of carbonyl (C=O) groups excluding carboxylic acids is 2. The SMILES string of the molecule is CCOC(=O)C1=C(C)N=c2s/c(=C\c3cc(Br)ccc3OCC)c(=O)n2[C@@H]1c1ccc(OCC(=O)OC)c(OCC)c1. The molecule has 4 rings (SSSR count). The highest BCUT2D eigenvalue weighted by Gasteiger charge is 2.34. The molecule has 222 valence electrons. The van der Waals surface area contributed by atoms with Gasteiger partial charge in [-0.1, -0.05) is 33.3 Å². The van der Waals surface area contributed by atoms with Gasteiger partial charge in [-0.2, -0.15) is 0 Å². The van der Waals surface area contributed by atoms with E-state index in [4.69, 9.17) is 18.9 Å². The lowest BCUT2D eigenvalue weighted by atomic mass is 9.95. The fourth-order valence-electron chi connectivity index (χ4n) is 4.45. The molecule has 1 aliphatic rings. The summed E-state index contributed by atoms with van der Waals surface area (Å²) < 4.78 is 30.0. The van der Waals surface area contributed by atoms with Crippen molar-refractivity contribution in [3.63, 3.8) is 0 Å². The number of hydrogen-bond donors (Lipinski definition) is 0. The van der Waals surface area contributed by atoms with Crippen molar-refractivity contribution < 1.29 is 33.3 Å². The highest BCUT2D eigenvalue weighted by molar-refractivity contribution is 9.10. The van der Waals surface area contributed by atoms with Crippen LogP contribution in [0.3, 0.4) is 0 Å². The predicted octanol–water partition coefficient (Wildman–Crippen LogP) is 3.91. The minimum atomic E-state index is -0.856. The molecule has 0 N–H and O–H groups in total. The van der Waals surface area contributed by atoms with Gasteiger partial charge in [0.1, 0.15) is 5.75 Å². The number of esters is 2. The zero-order valence-corrected chi connectivity index (χ0v) is 26.3. The van der Waals surface area contributed by atoms with E-state index in [9.17, 15) is 14.4 Å². The van der Waals surface area contributed by atoms with Crippen molar-refractivity contribution in [2.45, 2.75) is 33.7 Å². The van der Waals surface area contributed by atoms with Crippen molar-refractivity contribution in [3.8, 4) is 17.2 Å². The third kappa shape index (κ3) is 6.60. The van der Waals surface area contributed by atoms with Gasteiger partial charge in [-0.15, -0.1) is 0 Å². The number of methoxy groups -OCH3 is 1. The number of benzene rings is 2. The van der Waals surface area contributed by atoms with Gasteiger partial charge < -0.3 is 23.7 Å². The molecule has 3 aromatic rings. The van der Waals surface area contributed by atoms with Crippen molar-refractivity contribution in [1.82, 2.24) is 4.57 Å². The topological polar surface area (TPSA) is 115 Å². The molecule has 0 radical (unpaired) electrons. The third-order valence-electron chi connectivity index (χ3n) is 6.23. The number of rotatable bonds is 11. The van der Waals surface area contributed by atoms with E-state index in [1.54, 1.807) is 38.1 Å². The first kappa shape index (κ1) is 31.0. The lowest BCUT2D eigenvalue weighted by Crippen LogP contribution is -2.40. The van der Waals surface area contributed by atoms with Gasteiger partial charge in [0.05, 0.1) is 48.8 Å². The summed E-state index contributed by atoms with van der Waals surface area (Å²) in [6.07, 6.45) is 1.76. The van der Waals surface area contributed by atoms with E-state index in [0.29, 0.717) is 51.1 Å². The van der Waals surface area contributed by atoms with Gasteiger partial charge in [0.15, 0.2) is 22.9 Å². The molecular weight excluding hydrogens is 628 g/mol. The maximum Gasteiger partial charge on any atom is 0.343 e. The van der Waals surface area contributed by atoms with Gasteiger partial charge in [-0.3, -0.25) is 9.36 Å². The maximum absolute atomic E-state index is 14.0. The number of nitrogens with zero attached hydrogens (tertiary/aromatic N) is 2. The van der Waals surface area contributed by atoms with E-state index in [1.807, 2.05) is 32.0 Å². The zero-order chi connectivity index (χ0) is 30.4. The molecule has 2 aromatic carbocycles. The molecule has 2 heterocycles. The van der Waals surface area contributed by atoms with Crippen molar-refractivity contribution in [3.05, 3.63) is 83.0 Å². The number of fused-ring (bicyclic) bond motifs is 1. The predicted molar refractivity (Wildman–Crippen MR) is 161 cm³/mol. The van der Waals surface area contributed by atoms with Crippen LogP contribution < -0.4 is 29.1 Å². The molecule has 1 atom stereocenters. The molecule has 10 nitrogen and oxygen atoms in total. The van der Waals surface area contributed by atoms with Crippen LogP contribution in [0.25, 0.3) is 6.08 Å². The third-order valence-corrected chi connectivity index (χ3v) is 7.71. The van der Waals surface area contributed by atoms with Crippen molar-refractivity contribution in [2.24, 2.45) is 4.99 Å². The van der Waals surface area contributed by atoms with Crippen molar-refractivity contribution in [2.75, 3.05) is 33.5 Å². The Morgan fingerprint density at radius 2 is 1.71 bits per heavy atom.